The molecule has 0 fully saturated rings. The van der Waals surface area contributed by atoms with Crippen LogP contribution in [0.25, 0.3) is 0 Å². The third-order valence-electron chi connectivity index (χ3n) is 1.49. The highest BCUT2D eigenvalue weighted by molar-refractivity contribution is 5.83. The molecule has 0 unspecified atom stereocenters. The number of hydrogen-bond donors (Lipinski definition) is 2. The van der Waals surface area contributed by atoms with Crippen molar-refractivity contribution in [1.82, 2.24) is 5.32 Å². The predicted octanol–water partition coefficient (Wildman–Crippen LogP) is -0.647. The van der Waals surface area contributed by atoms with Gasteiger partial charge in [-0.25, -0.2) is 0 Å². The first kappa shape index (κ1) is 8.49. The molecule has 0 aromatic carbocycles. The summed E-state index contributed by atoms with van der Waals surface area (Å²) in [5, 5.41) is 3.17. The average molecular weight is 157 g/mol. The van der Waals surface area contributed by atoms with Crippen molar-refractivity contribution in [3.8, 4) is 0 Å². The Morgan fingerprint density at radius 3 is 3.18 bits per heavy atom. The zero-order chi connectivity index (χ0) is 7.94. The molecule has 0 radical (unpaired) electrons. The maximum absolute atomic E-state index is 5.33. The summed E-state index contributed by atoms with van der Waals surface area (Å²) in [6.07, 6.45) is 0.985. The summed E-state index contributed by atoms with van der Waals surface area (Å²) in [5.74, 6) is 0.963. The van der Waals surface area contributed by atoms with E-state index in [1.54, 1.807) is 0 Å². The molecular formula is C7H15N3O. The Balaban J connectivity index is 2.09. The first-order chi connectivity index (χ1) is 5.43. The van der Waals surface area contributed by atoms with Crippen molar-refractivity contribution in [2.45, 2.75) is 6.42 Å². The van der Waals surface area contributed by atoms with Crippen LogP contribution in [0.2, 0.25) is 0 Å². The topological polar surface area (TPSA) is 59.6 Å². The SMILES string of the molecule is NCCCNC1=NCCOC1. The smallest absolute Gasteiger partial charge is 0.123 e. The lowest BCUT2D eigenvalue weighted by Crippen LogP contribution is -2.33. The van der Waals surface area contributed by atoms with Crippen molar-refractivity contribution in [2.75, 3.05) is 32.8 Å². The molecule has 4 heteroatoms. The highest BCUT2D eigenvalue weighted by atomic mass is 16.5. The van der Waals surface area contributed by atoms with Gasteiger partial charge in [0, 0.05) is 6.54 Å². The normalized spacial score (nSPS) is 17.7. The zero-order valence-corrected chi connectivity index (χ0v) is 6.68. The van der Waals surface area contributed by atoms with Crippen LogP contribution < -0.4 is 11.1 Å². The van der Waals surface area contributed by atoms with Gasteiger partial charge in [0.2, 0.25) is 0 Å². The molecular weight excluding hydrogens is 142 g/mol. The van der Waals surface area contributed by atoms with Gasteiger partial charge in [-0.3, -0.25) is 4.99 Å². The third kappa shape index (κ3) is 3.34. The Morgan fingerprint density at radius 2 is 2.55 bits per heavy atom. The van der Waals surface area contributed by atoms with Gasteiger partial charge in [-0.05, 0) is 13.0 Å². The summed E-state index contributed by atoms with van der Waals surface area (Å²) in [6.45, 7) is 3.79. The number of aliphatic imine (C=N–C) groups is 1. The second kappa shape index (κ2) is 5.09. The Bertz CT molecular complexity index is 136. The summed E-state index contributed by atoms with van der Waals surface area (Å²) < 4.78 is 5.19. The molecule has 3 N–H and O–H groups in total. The predicted molar refractivity (Wildman–Crippen MR) is 44.8 cm³/mol. The lowest BCUT2D eigenvalue weighted by Gasteiger charge is -2.13. The molecule has 0 saturated heterocycles. The fourth-order valence-corrected chi connectivity index (χ4v) is 0.901. The molecule has 4 nitrogen and oxygen atoms in total. The number of nitrogens with one attached hydrogen (secondary N) is 1. The molecule has 0 aromatic rings. The lowest BCUT2D eigenvalue weighted by molar-refractivity contribution is 0.168. The van der Waals surface area contributed by atoms with Crippen LogP contribution in [0.5, 0.6) is 0 Å². The van der Waals surface area contributed by atoms with E-state index in [0.29, 0.717) is 6.61 Å². The van der Waals surface area contributed by atoms with Crippen LogP contribution in [0.15, 0.2) is 4.99 Å². The fourth-order valence-electron chi connectivity index (χ4n) is 0.901. The second-order valence-electron chi connectivity index (χ2n) is 2.45. The van der Waals surface area contributed by atoms with Gasteiger partial charge in [0.15, 0.2) is 0 Å². The van der Waals surface area contributed by atoms with Gasteiger partial charge in [-0.15, -0.1) is 0 Å². The van der Waals surface area contributed by atoms with Crippen LogP contribution in [0.3, 0.4) is 0 Å². The summed E-state index contributed by atoms with van der Waals surface area (Å²) in [7, 11) is 0. The van der Waals surface area contributed by atoms with E-state index >= 15 is 0 Å². The second-order valence-corrected chi connectivity index (χ2v) is 2.45. The van der Waals surface area contributed by atoms with Gasteiger partial charge in [-0.2, -0.15) is 0 Å². The van der Waals surface area contributed by atoms with Gasteiger partial charge in [0.1, 0.15) is 12.4 Å². The van der Waals surface area contributed by atoms with E-state index in [1.807, 2.05) is 0 Å². The molecule has 1 aliphatic heterocycles. The number of rotatable bonds is 3. The van der Waals surface area contributed by atoms with E-state index < -0.39 is 0 Å². The van der Waals surface area contributed by atoms with E-state index in [1.165, 1.54) is 0 Å². The Morgan fingerprint density at radius 1 is 1.64 bits per heavy atom. The molecule has 0 aliphatic carbocycles. The summed E-state index contributed by atoms with van der Waals surface area (Å²) >= 11 is 0. The maximum Gasteiger partial charge on any atom is 0.123 e. The number of nitrogens with zero attached hydrogens (tertiary/aromatic N) is 1. The van der Waals surface area contributed by atoms with E-state index in [-0.39, 0.29) is 0 Å². The van der Waals surface area contributed by atoms with Gasteiger partial charge in [0.05, 0.1) is 13.2 Å². The van der Waals surface area contributed by atoms with E-state index in [4.69, 9.17) is 10.5 Å². The van der Waals surface area contributed by atoms with Gasteiger partial charge in [0.25, 0.3) is 0 Å². The summed E-state index contributed by atoms with van der Waals surface area (Å²) in [6, 6.07) is 0. The van der Waals surface area contributed by atoms with Gasteiger partial charge < -0.3 is 15.8 Å². The Kier molecular flexibility index (Phi) is 3.93. The molecule has 64 valence electrons. The van der Waals surface area contributed by atoms with Crippen LogP contribution in [0, 0.1) is 0 Å². The highest BCUT2D eigenvalue weighted by Crippen LogP contribution is 1.88. The van der Waals surface area contributed by atoms with Crippen molar-refractivity contribution < 1.29 is 4.74 Å². The minimum absolute atomic E-state index is 0.630. The van der Waals surface area contributed by atoms with Crippen molar-refractivity contribution in [3.05, 3.63) is 0 Å². The number of ether oxygens (including phenoxy) is 1. The van der Waals surface area contributed by atoms with Crippen LogP contribution in [0.4, 0.5) is 0 Å². The first-order valence-corrected chi connectivity index (χ1v) is 3.98. The molecule has 0 aromatic heterocycles. The molecule has 0 spiro atoms. The molecule has 0 atom stereocenters. The van der Waals surface area contributed by atoms with Crippen LogP contribution >= 0.6 is 0 Å². The largest absolute Gasteiger partial charge is 0.372 e. The van der Waals surface area contributed by atoms with E-state index in [9.17, 15) is 0 Å². The van der Waals surface area contributed by atoms with Crippen molar-refractivity contribution in [1.29, 1.82) is 0 Å². The van der Waals surface area contributed by atoms with E-state index in [2.05, 4.69) is 10.3 Å². The van der Waals surface area contributed by atoms with Crippen LogP contribution in [0.1, 0.15) is 6.42 Å². The minimum atomic E-state index is 0.630. The Labute approximate surface area is 66.8 Å². The van der Waals surface area contributed by atoms with Crippen molar-refractivity contribution in [2.24, 2.45) is 10.7 Å². The molecule has 0 amide bonds. The summed E-state index contributed by atoms with van der Waals surface area (Å²) in [4.78, 5) is 4.24. The van der Waals surface area contributed by atoms with Crippen LogP contribution in [-0.4, -0.2) is 38.7 Å². The summed E-state index contributed by atoms with van der Waals surface area (Å²) in [5.41, 5.74) is 5.33. The zero-order valence-electron chi connectivity index (χ0n) is 6.68. The third-order valence-corrected chi connectivity index (χ3v) is 1.49. The monoisotopic (exact) mass is 157 g/mol. The lowest BCUT2D eigenvalue weighted by atomic mass is 10.4. The molecule has 1 rings (SSSR count). The molecule has 0 saturated carbocycles. The van der Waals surface area contributed by atoms with Gasteiger partial charge in [-0.1, -0.05) is 0 Å². The number of amidine groups is 1. The molecule has 0 bridgehead atoms. The maximum atomic E-state index is 5.33. The highest BCUT2D eigenvalue weighted by Gasteiger charge is 2.02. The minimum Gasteiger partial charge on any atom is -0.372 e. The first-order valence-electron chi connectivity index (χ1n) is 3.98. The van der Waals surface area contributed by atoms with E-state index in [0.717, 1.165) is 38.5 Å². The molecule has 1 heterocycles. The van der Waals surface area contributed by atoms with Crippen LogP contribution in [-0.2, 0) is 4.74 Å². The molecule has 11 heavy (non-hydrogen) atoms. The van der Waals surface area contributed by atoms with Crippen molar-refractivity contribution in [3.63, 3.8) is 0 Å². The fraction of sp³-hybridized carbons (Fsp3) is 0.857. The standard InChI is InChI=1S/C7H15N3O/c8-2-1-3-9-7-6-11-5-4-10-7/h1-6,8H2,(H,9,10). The molecule has 1 aliphatic rings. The average Bonchev–Trinajstić information content (AvgIpc) is 2.07. The van der Waals surface area contributed by atoms with Gasteiger partial charge >= 0.3 is 0 Å². The number of nitrogens with two attached hydrogens (primary N) is 1. The van der Waals surface area contributed by atoms with Crippen molar-refractivity contribution >= 4 is 5.84 Å². The Hall–Kier alpha value is -0.610. The quantitative estimate of drug-likeness (QED) is 0.535. The number of hydrogen-bond acceptors (Lipinski definition) is 4.